The number of nitrogens with zero attached hydrogens (tertiary/aromatic N) is 1. The minimum Gasteiger partial charge on any atom is -0.329 e. The van der Waals surface area contributed by atoms with Crippen LogP contribution < -0.4 is 5.73 Å². The maximum Gasteiger partial charge on any atom is 0.0452 e. The normalized spacial score (nSPS) is 21.7. The van der Waals surface area contributed by atoms with Gasteiger partial charge in [0.1, 0.15) is 0 Å². The second-order valence-electron chi connectivity index (χ2n) is 4.59. The molecule has 0 bridgehead atoms. The third-order valence-electron chi connectivity index (χ3n) is 3.40. The zero-order chi connectivity index (χ0) is 12.3. The Labute approximate surface area is 113 Å². The lowest BCUT2D eigenvalue weighted by atomic mass is 10.0. The number of likely N-dealkylation sites (tertiary alicyclic amines) is 1. The first-order valence-electron chi connectivity index (χ1n) is 6.08. The molecule has 0 aliphatic carbocycles. The van der Waals surface area contributed by atoms with Crippen LogP contribution in [-0.4, -0.2) is 24.0 Å². The number of nitrogens with two attached hydrogens (primary N) is 1. The fourth-order valence-electron chi connectivity index (χ4n) is 2.42. The van der Waals surface area contributed by atoms with E-state index in [0.717, 1.165) is 35.2 Å². The molecule has 1 fully saturated rings. The van der Waals surface area contributed by atoms with E-state index in [2.05, 4.69) is 4.90 Å². The SMILES string of the molecule is NC[C@@H]1CCCCN1Cc1cc(Cl)ccc1Cl. The van der Waals surface area contributed by atoms with E-state index in [0.29, 0.717) is 6.04 Å². The van der Waals surface area contributed by atoms with Crippen LogP contribution in [0.25, 0.3) is 0 Å². The number of benzene rings is 1. The molecule has 1 atom stereocenters. The second kappa shape index (κ2) is 6.05. The van der Waals surface area contributed by atoms with Crippen molar-refractivity contribution in [1.29, 1.82) is 0 Å². The van der Waals surface area contributed by atoms with Crippen molar-refractivity contribution in [3.63, 3.8) is 0 Å². The summed E-state index contributed by atoms with van der Waals surface area (Å²) in [6.07, 6.45) is 3.71. The highest BCUT2D eigenvalue weighted by Gasteiger charge is 2.21. The van der Waals surface area contributed by atoms with Crippen LogP contribution in [0.1, 0.15) is 24.8 Å². The van der Waals surface area contributed by atoms with E-state index in [1.807, 2.05) is 18.2 Å². The Kier molecular flexibility index (Phi) is 4.69. The Morgan fingerprint density at radius 2 is 2.12 bits per heavy atom. The standard InChI is InChI=1S/C13H18Cl2N2/c14-11-4-5-13(15)10(7-11)9-17-6-2-1-3-12(17)8-16/h4-5,7,12H,1-3,6,8-9,16H2/t12-/m0/s1. The van der Waals surface area contributed by atoms with E-state index in [1.165, 1.54) is 19.3 Å². The van der Waals surface area contributed by atoms with Gasteiger partial charge in [-0.3, -0.25) is 4.90 Å². The Morgan fingerprint density at radius 1 is 1.29 bits per heavy atom. The highest BCUT2D eigenvalue weighted by molar-refractivity contribution is 6.33. The van der Waals surface area contributed by atoms with Gasteiger partial charge in [0, 0.05) is 29.2 Å². The summed E-state index contributed by atoms with van der Waals surface area (Å²) >= 11 is 12.2. The van der Waals surface area contributed by atoms with Crippen LogP contribution in [-0.2, 0) is 6.54 Å². The van der Waals surface area contributed by atoms with Crippen LogP contribution in [0.5, 0.6) is 0 Å². The highest BCUT2D eigenvalue weighted by Crippen LogP contribution is 2.25. The van der Waals surface area contributed by atoms with Gasteiger partial charge in [0.05, 0.1) is 0 Å². The molecule has 0 saturated carbocycles. The van der Waals surface area contributed by atoms with E-state index in [-0.39, 0.29) is 0 Å². The van der Waals surface area contributed by atoms with Crippen molar-refractivity contribution >= 4 is 23.2 Å². The van der Waals surface area contributed by atoms with Gasteiger partial charge in [0.2, 0.25) is 0 Å². The molecular weight excluding hydrogens is 255 g/mol. The van der Waals surface area contributed by atoms with Gasteiger partial charge in [-0.2, -0.15) is 0 Å². The van der Waals surface area contributed by atoms with Crippen molar-refractivity contribution in [3.05, 3.63) is 33.8 Å². The minimum absolute atomic E-state index is 0.485. The predicted molar refractivity (Wildman–Crippen MR) is 73.6 cm³/mol. The summed E-state index contributed by atoms with van der Waals surface area (Å²) < 4.78 is 0. The third-order valence-corrected chi connectivity index (χ3v) is 4.01. The zero-order valence-corrected chi connectivity index (χ0v) is 11.3. The molecule has 2 nitrogen and oxygen atoms in total. The molecular formula is C13H18Cl2N2. The smallest absolute Gasteiger partial charge is 0.0452 e. The zero-order valence-electron chi connectivity index (χ0n) is 9.83. The Morgan fingerprint density at radius 3 is 2.88 bits per heavy atom. The highest BCUT2D eigenvalue weighted by atomic mass is 35.5. The largest absolute Gasteiger partial charge is 0.329 e. The van der Waals surface area contributed by atoms with Gasteiger partial charge in [-0.25, -0.2) is 0 Å². The molecule has 4 heteroatoms. The number of rotatable bonds is 3. The average Bonchev–Trinajstić information content (AvgIpc) is 2.34. The van der Waals surface area contributed by atoms with E-state index < -0.39 is 0 Å². The summed E-state index contributed by atoms with van der Waals surface area (Å²) in [7, 11) is 0. The lowest BCUT2D eigenvalue weighted by Crippen LogP contribution is -2.43. The molecule has 1 saturated heterocycles. The first kappa shape index (κ1) is 13.2. The molecule has 17 heavy (non-hydrogen) atoms. The predicted octanol–water partition coefficient (Wildman–Crippen LogP) is 3.31. The Bertz CT molecular complexity index is 382. The molecule has 0 radical (unpaired) electrons. The summed E-state index contributed by atoms with van der Waals surface area (Å²) in [6, 6.07) is 6.12. The lowest BCUT2D eigenvalue weighted by molar-refractivity contribution is 0.145. The van der Waals surface area contributed by atoms with Crippen molar-refractivity contribution in [1.82, 2.24) is 4.90 Å². The monoisotopic (exact) mass is 272 g/mol. The molecule has 2 rings (SSSR count). The number of hydrogen-bond acceptors (Lipinski definition) is 2. The van der Waals surface area contributed by atoms with Crippen LogP contribution in [0, 0.1) is 0 Å². The maximum atomic E-state index is 6.19. The average molecular weight is 273 g/mol. The molecule has 0 aromatic heterocycles. The van der Waals surface area contributed by atoms with Crippen LogP contribution in [0.2, 0.25) is 10.0 Å². The third kappa shape index (κ3) is 3.35. The van der Waals surface area contributed by atoms with Gasteiger partial charge in [0.25, 0.3) is 0 Å². The van der Waals surface area contributed by atoms with Crippen LogP contribution >= 0.6 is 23.2 Å². The molecule has 1 aliphatic heterocycles. The molecule has 1 aliphatic rings. The van der Waals surface area contributed by atoms with Gasteiger partial charge in [-0.15, -0.1) is 0 Å². The van der Waals surface area contributed by atoms with Crippen LogP contribution in [0.15, 0.2) is 18.2 Å². The summed E-state index contributed by atoms with van der Waals surface area (Å²) in [6.45, 7) is 2.67. The van der Waals surface area contributed by atoms with Crippen molar-refractivity contribution in [2.45, 2.75) is 31.8 Å². The Hall–Kier alpha value is -0.280. The summed E-state index contributed by atoms with van der Waals surface area (Å²) in [5, 5.41) is 1.53. The fraction of sp³-hybridized carbons (Fsp3) is 0.538. The van der Waals surface area contributed by atoms with Crippen molar-refractivity contribution < 1.29 is 0 Å². The van der Waals surface area contributed by atoms with Gasteiger partial charge in [-0.05, 0) is 43.1 Å². The van der Waals surface area contributed by atoms with E-state index in [1.54, 1.807) is 0 Å². The fourth-order valence-corrected chi connectivity index (χ4v) is 2.79. The van der Waals surface area contributed by atoms with Crippen molar-refractivity contribution in [3.8, 4) is 0 Å². The quantitative estimate of drug-likeness (QED) is 0.915. The number of hydrogen-bond donors (Lipinski definition) is 1. The molecule has 1 heterocycles. The van der Waals surface area contributed by atoms with E-state index in [4.69, 9.17) is 28.9 Å². The minimum atomic E-state index is 0.485. The van der Waals surface area contributed by atoms with Crippen molar-refractivity contribution in [2.75, 3.05) is 13.1 Å². The lowest BCUT2D eigenvalue weighted by Gasteiger charge is -2.35. The Balaban J connectivity index is 2.10. The number of halogens is 2. The van der Waals surface area contributed by atoms with E-state index in [9.17, 15) is 0 Å². The molecule has 0 amide bonds. The van der Waals surface area contributed by atoms with Gasteiger partial charge < -0.3 is 5.73 Å². The van der Waals surface area contributed by atoms with Gasteiger partial charge >= 0.3 is 0 Å². The summed E-state index contributed by atoms with van der Waals surface area (Å²) in [5.41, 5.74) is 6.91. The molecule has 2 N–H and O–H groups in total. The first-order valence-corrected chi connectivity index (χ1v) is 6.84. The second-order valence-corrected chi connectivity index (χ2v) is 5.44. The van der Waals surface area contributed by atoms with E-state index >= 15 is 0 Å². The maximum absolute atomic E-state index is 6.19. The molecule has 1 aromatic carbocycles. The molecule has 1 aromatic rings. The first-order chi connectivity index (χ1) is 8.20. The molecule has 94 valence electrons. The molecule has 0 spiro atoms. The molecule has 0 unspecified atom stereocenters. The van der Waals surface area contributed by atoms with Crippen LogP contribution in [0.4, 0.5) is 0 Å². The van der Waals surface area contributed by atoms with Gasteiger partial charge in [-0.1, -0.05) is 29.6 Å². The van der Waals surface area contributed by atoms with Crippen LogP contribution in [0.3, 0.4) is 0 Å². The van der Waals surface area contributed by atoms with Crippen molar-refractivity contribution in [2.24, 2.45) is 5.73 Å². The summed E-state index contributed by atoms with van der Waals surface area (Å²) in [4.78, 5) is 2.42. The topological polar surface area (TPSA) is 29.3 Å². The summed E-state index contributed by atoms with van der Waals surface area (Å²) in [5.74, 6) is 0. The number of piperidine rings is 1. The van der Waals surface area contributed by atoms with Gasteiger partial charge in [0.15, 0.2) is 0 Å².